The van der Waals surface area contributed by atoms with Crippen molar-refractivity contribution in [2.45, 2.75) is 12.6 Å². The molecule has 0 saturated heterocycles. The van der Waals surface area contributed by atoms with Gasteiger partial charge in [0.2, 0.25) is 5.91 Å². The third-order valence-corrected chi connectivity index (χ3v) is 4.11. The summed E-state index contributed by atoms with van der Waals surface area (Å²) in [5, 5.41) is 3.85. The molecule has 9 heteroatoms. The molecule has 0 aliphatic rings. The van der Waals surface area contributed by atoms with Gasteiger partial charge in [-0.1, -0.05) is 18.2 Å². The van der Waals surface area contributed by atoms with Gasteiger partial charge in [-0.3, -0.25) is 4.79 Å². The number of rotatable bonds is 6. The second kappa shape index (κ2) is 9.07. The molecule has 0 aliphatic carbocycles. The lowest BCUT2D eigenvalue weighted by Gasteiger charge is -2.11. The average molecular weight is 492 g/mol. The van der Waals surface area contributed by atoms with E-state index in [0.29, 0.717) is 17.1 Å². The summed E-state index contributed by atoms with van der Waals surface area (Å²) in [6.45, 7) is 0. The van der Waals surface area contributed by atoms with E-state index in [4.69, 9.17) is 9.47 Å². The summed E-state index contributed by atoms with van der Waals surface area (Å²) >= 11 is 2.10. The van der Waals surface area contributed by atoms with Gasteiger partial charge in [0.25, 0.3) is 0 Å². The lowest BCUT2D eigenvalue weighted by molar-refractivity contribution is -0.137. The van der Waals surface area contributed by atoms with Crippen LogP contribution in [0.1, 0.15) is 16.7 Å². The van der Waals surface area contributed by atoms with Gasteiger partial charge in [0.05, 0.1) is 32.4 Å². The van der Waals surface area contributed by atoms with E-state index in [1.165, 1.54) is 32.6 Å². The number of hydrogen-bond acceptors (Lipinski definition) is 4. The highest BCUT2D eigenvalue weighted by atomic mass is 127. The summed E-state index contributed by atoms with van der Waals surface area (Å²) in [5.74, 6) is 0.428. The van der Waals surface area contributed by atoms with Gasteiger partial charge in [0.15, 0.2) is 11.5 Å². The van der Waals surface area contributed by atoms with Crippen molar-refractivity contribution in [3.8, 4) is 11.5 Å². The van der Waals surface area contributed by atoms with E-state index in [2.05, 4.69) is 33.1 Å². The third-order valence-electron chi connectivity index (χ3n) is 3.48. The zero-order valence-electron chi connectivity index (χ0n) is 14.4. The molecule has 0 radical (unpaired) electrons. The summed E-state index contributed by atoms with van der Waals surface area (Å²) in [4.78, 5) is 11.9. The lowest BCUT2D eigenvalue weighted by atomic mass is 10.1. The molecule has 0 saturated carbocycles. The number of amides is 1. The smallest absolute Gasteiger partial charge is 0.416 e. The van der Waals surface area contributed by atoms with Gasteiger partial charge < -0.3 is 9.47 Å². The second-order valence-electron chi connectivity index (χ2n) is 5.40. The van der Waals surface area contributed by atoms with Crippen LogP contribution in [0.4, 0.5) is 13.2 Å². The number of nitrogens with one attached hydrogen (secondary N) is 1. The number of hydrogen-bond donors (Lipinski definition) is 1. The topological polar surface area (TPSA) is 59.9 Å². The predicted octanol–water partition coefficient (Wildman–Crippen LogP) is 4.02. The van der Waals surface area contributed by atoms with E-state index in [-0.39, 0.29) is 12.0 Å². The van der Waals surface area contributed by atoms with Gasteiger partial charge in [-0.25, -0.2) is 5.43 Å². The van der Waals surface area contributed by atoms with Crippen molar-refractivity contribution in [1.29, 1.82) is 0 Å². The minimum atomic E-state index is -4.45. The first-order valence-electron chi connectivity index (χ1n) is 7.64. The number of benzene rings is 2. The Labute approximate surface area is 167 Å². The molecule has 0 fully saturated rings. The summed E-state index contributed by atoms with van der Waals surface area (Å²) < 4.78 is 49.5. The van der Waals surface area contributed by atoms with Crippen LogP contribution in [0.15, 0.2) is 41.5 Å². The molecular weight excluding hydrogens is 476 g/mol. The van der Waals surface area contributed by atoms with Crippen molar-refractivity contribution in [3.05, 3.63) is 56.7 Å². The van der Waals surface area contributed by atoms with Crippen LogP contribution in [0.3, 0.4) is 0 Å². The molecule has 27 heavy (non-hydrogen) atoms. The van der Waals surface area contributed by atoms with E-state index in [1.807, 2.05) is 0 Å². The van der Waals surface area contributed by atoms with Crippen molar-refractivity contribution in [2.24, 2.45) is 5.10 Å². The molecule has 1 N–H and O–H groups in total. The lowest BCUT2D eigenvalue weighted by Crippen LogP contribution is -2.20. The van der Waals surface area contributed by atoms with Crippen molar-refractivity contribution in [2.75, 3.05) is 14.2 Å². The molecule has 2 rings (SSSR count). The molecule has 0 heterocycles. The molecule has 0 atom stereocenters. The zero-order valence-corrected chi connectivity index (χ0v) is 16.6. The number of methoxy groups -OCH3 is 2. The molecule has 0 bridgehead atoms. The van der Waals surface area contributed by atoms with Crippen LogP contribution in [0, 0.1) is 3.57 Å². The van der Waals surface area contributed by atoms with Gasteiger partial charge in [0, 0.05) is 9.13 Å². The number of carbonyl (C=O) groups is 1. The van der Waals surface area contributed by atoms with Crippen LogP contribution in [0.2, 0.25) is 0 Å². The Hall–Kier alpha value is -2.30. The quantitative estimate of drug-likeness (QED) is 0.377. The maximum absolute atomic E-state index is 12.7. The highest BCUT2D eigenvalue weighted by molar-refractivity contribution is 14.1. The maximum atomic E-state index is 12.7. The van der Waals surface area contributed by atoms with Crippen molar-refractivity contribution in [1.82, 2.24) is 5.43 Å². The first-order valence-corrected chi connectivity index (χ1v) is 8.72. The van der Waals surface area contributed by atoms with E-state index < -0.39 is 17.6 Å². The number of alkyl halides is 3. The second-order valence-corrected chi connectivity index (χ2v) is 6.64. The van der Waals surface area contributed by atoms with Gasteiger partial charge in [-0.2, -0.15) is 18.3 Å². The SMILES string of the molecule is COc1cc(I)cc(/C=N/NC(=O)Cc2cccc(C(F)(F)F)c2)c1OC. The summed E-state index contributed by atoms with van der Waals surface area (Å²) in [6.07, 6.45) is -3.30. The maximum Gasteiger partial charge on any atom is 0.416 e. The summed E-state index contributed by atoms with van der Waals surface area (Å²) in [5.41, 5.74) is 2.32. The van der Waals surface area contributed by atoms with E-state index in [0.717, 1.165) is 15.7 Å². The van der Waals surface area contributed by atoms with Gasteiger partial charge in [0.1, 0.15) is 0 Å². The first-order chi connectivity index (χ1) is 12.7. The van der Waals surface area contributed by atoms with E-state index >= 15 is 0 Å². The fourth-order valence-corrected chi connectivity index (χ4v) is 2.93. The molecule has 1 amide bonds. The summed E-state index contributed by atoms with van der Waals surface area (Å²) in [7, 11) is 2.99. The highest BCUT2D eigenvalue weighted by Crippen LogP contribution is 2.32. The van der Waals surface area contributed by atoms with E-state index in [9.17, 15) is 18.0 Å². The van der Waals surface area contributed by atoms with Crippen molar-refractivity contribution < 1.29 is 27.4 Å². The molecule has 0 spiro atoms. The van der Waals surface area contributed by atoms with E-state index in [1.54, 1.807) is 12.1 Å². The van der Waals surface area contributed by atoms with Crippen LogP contribution in [-0.4, -0.2) is 26.3 Å². The predicted molar refractivity (Wildman–Crippen MR) is 103 cm³/mol. The fourth-order valence-electron chi connectivity index (χ4n) is 2.31. The minimum absolute atomic E-state index is 0.228. The monoisotopic (exact) mass is 492 g/mol. The number of nitrogens with zero attached hydrogens (tertiary/aromatic N) is 1. The Morgan fingerprint density at radius 2 is 1.96 bits per heavy atom. The average Bonchev–Trinajstić information content (AvgIpc) is 2.60. The van der Waals surface area contributed by atoms with Crippen LogP contribution in [0.5, 0.6) is 11.5 Å². The molecule has 0 aliphatic heterocycles. The molecule has 2 aromatic rings. The molecule has 0 unspecified atom stereocenters. The summed E-state index contributed by atoms with van der Waals surface area (Å²) in [6, 6.07) is 8.17. The molecule has 5 nitrogen and oxygen atoms in total. The van der Waals surface area contributed by atoms with Gasteiger partial charge >= 0.3 is 6.18 Å². The van der Waals surface area contributed by atoms with Crippen LogP contribution in [0.25, 0.3) is 0 Å². The van der Waals surface area contributed by atoms with Crippen molar-refractivity contribution in [3.63, 3.8) is 0 Å². The largest absolute Gasteiger partial charge is 0.493 e. The Balaban J connectivity index is 2.07. The van der Waals surface area contributed by atoms with Gasteiger partial charge in [-0.05, 0) is 46.4 Å². The molecular formula is C18H16F3IN2O3. The number of carbonyl (C=O) groups excluding carboxylic acids is 1. The fraction of sp³-hybridized carbons (Fsp3) is 0.222. The standard InChI is InChI=1S/C18H16F3IN2O3/c1-26-15-9-14(22)8-12(17(15)27-2)10-23-24-16(25)7-11-4-3-5-13(6-11)18(19,20)21/h3-6,8-10H,7H2,1-2H3,(H,24,25)/b23-10+. The highest BCUT2D eigenvalue weighted by Gasteiger charge is 2.30. The Morgan fingerprint density at radius 3 is 2.59 bits per heavy atom. The number of hydrazone groups is 1. The Kier molecular flexibility index (Phi) is 7.05. The number of ether oxygens (including phenoxy) is 2. The Bertz CT molecular complexity index is 854. The van der Waals surface area contributed by atoms with Crippen molar-refractivity contribution >= 4 is 34.7 Å². The first kappa shape index (κ1) is 21.0. The zero-order chi connectivity index (χ0) is 20.0. The van der Waals surface area contributed by atoms with Gasteiger partial charge in [-0.15, -0.1) is 0 Å². The molecule has 144 valence electrons. The number of halogens is 4. The Morgan fingerprint density at radius 1 is 1.22 bits per heavy atom. The van der Waals surface area contributed by atoms with Crippen LogP contribution in [-0.2, 0) is 17.4 Å². The van der Waals surface area contributed by atoms with Crippen LogP contribution < -0.4 is 14.9 Å². The third kappa shape index (κ3) is 5.84. The van der Waals surface area contributed by atoms with Crippen LogP contribution >= 0.6 is 22.6 Å². The molecule has 0 aromatic heterocycles. The normalized spacial score (nSPS) is 11.5. The minimum Gasteiger partial charge on any atom is -0.493 e. The molecule has 2 aromatic carbocycles.